The molecule has 134 valence electrons. The third kappa shape index (κ3) is 5.67. The summed E-state index contributed by atoms with van der Waals surface area (Å²) in [5, 5.41) is 15.1. The smallest absolute Gasteiger partial charge is 0.447 e. The highest BCUT2D eigenvalue weighted by atomic mass is 28.4. The molecule has 0 aliphatic heterocycles. The minimum atomic E-state index is -1.88. The topological polar surface area (TPSA) is 112 Å². The van der Waals surface area contributed by atoms with E-state index < -0.39 is 20.9 Å². The Morgan fingerprint density at radius 2 is 1.09 bits per heavy atom. The second kappa shape index (κ2) is 9.73. The molecule has 0 aromatic carbocycles. The summed E-state index contributed by atoms with van der Waals surface area (Å²) in [5.74, 6) is 0. The van der Waals surface area contributed by atoms with Gasteiger partial charge in [-0.25, -0.2) is 19.4 Å². The number of carbonyl (C=O) groups is 2. The minimum absolute atomic E-state index is 0.774. The lowest BCUT2D eigenvalue weighted by Gasteiger charge is -2.37. The summed E-state index contributed by atoms with van der Waals surface area (Å²) in [7, 11) is 1.91. The Hall–Kier alpha value is -1.32. The molecule has 2 fully saturated rings. The van der Waals surface area contributed by atoms with Gasteiger partial charge in [-0.3, -0.25) is 0 Å². The molecule has 0 radical (unpaired) electrons. The van der Waals surface area contributed by atoms with Crippen LogP contribution in [0.2, 0.25) is 11.1 Å². The highest BCUT2D eigenvalue weighted by molar-refractivity contribution is 6.70. The Kier molecular flexibility index (Phi) is 8.35. The van der Waals surface area contributed by atoms with Crippen molar-refractivity contribution in [3.05, 3.63) is 0 Å². The minimum Gasteiger partial charge on any atom is -0.447 e. The third-order valence-electron chi connectivity index (χ3n) is 4.67. The number of rotatable bonds is 4. The maximum absolute atomic E-state index is 9.29. The van der Waals surface area contributed by atoms with E-state index in [4.69, 9.17) is 19.1 Å². The summed E-state index contributed by atoms with van der Waals surface area (Å²) in [6, 6.07) is 0. The largest absolute Gasteiger partial charge is 0.547 e. The first-order valence-electron chi connectivity index (χ1n) is 7.87. The molecule has 0 aromatic heterocycles. The highest BCUT2D eigenvalue weighted by Gasteiger charge is 2.52. The summed E-state index contributed by atoms with van der Waals surface area (Å²) < 4.78 is 11.9. The molecule has 0 spiro atoms. The van der Waals surface area contributed by atoms with Gasteiger partial charge in [-0.05, 0) is 25.7 Å². The second-order valence-electron chi connectivity index (χ2n) is 5.79. The van der Waals surface area contributed by atoms with Crippen LogP contribution in [0.4, 0.5) is 9.59 Å². The van der Waals surface area contributed by atoms with Gasteiger partial charge in [-0.15, -0.1) is 0 Å². The zero-order valence-corrected chi connectivity index (χ0v) is 14.7. The number of carboxylic acid groups (broad SMARTS) is 2. The van der Waals surface area contributed by atoms with E-state index in [2.05, 4.69) is 9.78 Å². The quantitative estimate of drug-likeness (QED) is 0.446. The lowest BCUT2D eigenvalue weighted by atomic mass is 10.3. The van der Waals surface area contributed by atoms with Crippen LogP contribution >= 0.6 is 0 Å². The van der Waals surface area contributed by atoms with Crippen LogP contribution < -0.4 is 0 Å². The highest BCUT2D eigenvalue weighted by Crippen LogP contribution is 2.50. The van der Waals surface area contributed by atoms with Gasteiger partial charge in [0.2, 0.25) is 0 Å². The van der Waals surface area contributed by atoms with E-state index in [1.807, 2.05) is 14.2 Å². The second-order valence-corrected chi connectivity index (χ2v) is 9.68. The molecule has 23 heavy (non-hydrogen) atoms. The summed E-state index contributed by atoms with van der Waals surface area (Å²) in [6.07, 6.45) is 7.36. The SMILES string of the molecule is CO[Si](OC)(C1CCCC1)C1CCCC1.O=C(O)OOC(=O)O. The van der Waals surface area contributed by atoms with Crippen LogP contribution in [0.5, 0.6) is 0 Å². The molecule has 0 saturated heterocycles. The van der Waals surface area contributed by atoms with E-state index in [9.17, 15) is 9.59 Å². The van der Waals surface area contributed by atoms with E-state index in [0.717, 1.165) is 11.1 Å². The Morgan fingerprint density at radius 1 is 0.783 bits per heavy atom. The van der Waals surface area contributed by atoms with Crippen molar-refractivity contribution in [2.45, 2.75) is 62.4 Å². The summed E-state index contributed by atoms with van der Waals surface area (Å²) in [4.78, 5) is 24.8. The molecule has 0 amide bonds. The van der Waals surface area contributed by atoms with Gasteiger partial charge in [0.05, 0.1) is 0 Å². The summed E-state index contributed by atoms with van der Waals surface area (Å²) >= 11 is 0. The fourth-order valence-electron chi connectivity index (χ4n) is 3.81. The van der Waals surface area contributed by atoms with E-state index in [-0.39, 0.29) is 0 Å². The fourth-order valence-corrected chi connectivity index (χ4v) is 8.40. The molecule has 2 saturated carbocycles. The average Bonchev–Trinajstić information content (AvgIpc) is 3.22. The van der Waals surface area contributed by atoms with E-state index in [0.29, 0.717) is 0 Å². The third-order valence-corrected chi connectivity index (χ3v) is 9.38. The van der Waals surface area contributed by atoms with Gasteiger partial charge in [-0.2, -0.15) is 0 Å². The molecule has 9 heteroatoms. The van der Waals surface area contributed by atoms with Crippen LogP contribution in [-0.4, -0.2) is 45.3 Å². The van der Waals surface area contributed by atoms with Crippen molar-refractivity contribution in [2.24, 2.45) is 0 Å². The standard InChI is InChI=1S/C12H24O2Si.C2H2O6/c1-13-15(14-2,11-7-3-4-8-11)12-9-5-6-10-12;3-1(4)7-8-2(5)6/h11-12H,3-10H2,1-2H3;(H,3,4)(H,5,6). The molecule has 2 N–H and O–H groups in total. The molecule has 0 atom stereocenters. The Labute approximate surface area is 136 Å². The summed E-state index contributed by atoms with van der Waals surface area (Å²) in [5.41, 5.74) is 1.55. The molecular weight excluding hydrogens is 324 g/mol. The van der Waals surface area contributed by atoms with Crippen molar-refractivity contribution in [3.63, 3.8) is 0 Å². The number of hydrogen-bond donors (Lipinski definition) is 2. The Bertz CT molecular complexity index is 341. The van der Waals surface area contributed by atoms with Crippen LogP contribution in [-0.2, 0) is 18.6 Å². The Morgan fingerprint density at radius 3 is 1.30 bits per heavy atom. The fraction of sp³-hybridized carbons (Fsp3) is 0.857. The normalized spacial score (nSPS) is 19.0. The van der Waals surface area contributed by atoms with Gasteiger partial charge in [0.15, 0.2) is 0 Å². The zero-order chi connectivity index (χ0) is 17.3. The summed E-state index contributed by atoms with van der Waals surface area (Å²) in [6.45, 7) is 0. The van der Waals surface area contributed by atoms with Crippen molar-refractivity contribution in [3.8, 4) is 0 Å². The van der Waals surface area contributed by atoms with Crippen molar-refractivity contribution in [2.75, 3.05) is 14.2 Å². The molecule has 2 aliphatic rings. The average molecular weight is 350 g/mol. The molecule has 0 unspecified atom stereocenters. The monoisotopic (exact) mass is 350 g/mol. The molecule has 2 aliphatic carbocycles. The van der Waals surface area contributed by atoms with E-state index in [1.165, 1.54) is 51.4 Å². The predicted molar refractivity (Wildman–Crippen MR) is 82.4 cm³/mol. The van der Waals surface area contributed by atoms with Crippen molar-refractivity contribution < 1.29 is 38.4 Å². The van der Waals surface area contributed by atoms with E-state index in [1.54, 1.807) is 0 Å². The lowest BCUT2D eigenvalue weighted by Crippen LogP contribution is -2.48. The van der Waals surface area contributed by atoms with Gasteiger partial charge in [-0.1, -0.05) is 25.7 Å². The van der Waals surface area contributed by atoms with Gasteiger partial charge >= 0.3 is 20.9 Å². The lowest BCUT2D eigenvalue weighted by molar-refractivity contribution is -0.208. The van der Waals surface area contributed by atoms with Crippen LogP contribution in [0.3, 0.4) is 0 Å². The first kappa shape index (κ1) is 19.7. The maximum atomic E-state index is 9.29. The molecule has 0 bridgehead atoms. The Balaban J connectivity index is 0.000000284. The zero-order valence-electron chi connectivity index (χ0n) is 13.7. The first-order chi connectivity index (χ1) is 11.0. The van der Waals surface area contributed by atoms with Gasteiger partial charge in [0.25, 0.3) is 0 Å². The predicted octanol–water partition coefficient (Wildman–Crippen LogP) is 3.90. The van der Waals surface area contributed by atoms with E-state index >= 15 is 0 Å². The molecule has 8 nitrogen and oxygen atoms in total. The van der Waals surface area contributed by atoms with Crippen LogP contribution in [0.1, 0.15) is 51.4 Å². The molecule has 0 aromatic rings. The van der Waals surface area contributed by atoms with Gasteiger partial charge in [0.1, 0.15) is 0 Å². The van der Waals surface area contributed by atoms with Crippen molar-refractivity contribution >= 4 is 20.9 Å². The maximum Gasteiger partial charge on any atom is 0.547 e. The van der Waals surface area contributed by atoms with Gasteiger partial charge < -0.3 is 19.1 Å². The van der Waals surface area contributed by atoms with Crippen molar-refractivity contribution in [1.29, 1.82) is 0 Å². The molecular formula is C14H26O8Si. The molecule has 0 heterocycles. The van der Waals surface area contributed by atoms with Gasteiger partial charge in [0, 0.05) is 25.3 Å². The first-order valence-corrected chi connectivity index (χ1v) is 9.84. The number of hydrogen-bond acceptors (Lipinski definition) is 6. The van der Waals surface area contributed by atoms with Crippen LogP contribution in [0.15, 0.2) is 0 Å². The van der Waals surface area contributed by atoms with Crippen LogP contribution in [0.25, 0.3) is 0 Å². The molecule has 2 rings (SSSR count). The van der Waals surface area contributed by atoms with Crippen LogP contribution in [0, 0.1) is 0 Å². The van der Waals surface area contributed by atoms with Crippen molar-refractivity contribution in [1.82, 2.24) is 0 Å².